The number of pyridine rings is 1. The number of para-hydroxylation sites is 1. The van der Waals surface area contributed by atoms with Crippen LogP contribution in [-0.4, -0.2) is 16.9 Å². The fourth-order valence-electron chi connectivity index (χ4n) is 2.70. The number of benzene rings is 1. The summed E-state index contributed by atoms with van der Waals surface area (Å²) in [6, 6.07) is 8.61. The number of hydrogen-bond acceptors (Lipinski definition) is 3. The molecular formula is C19H23N3O. The van der Waals surface area contributed by atoms with E-state index in [2.05, 4.69) is 47.7 Å². The van der Waals surface area contributed by atoms with Gasteiger partial charge < -0.3 is 10.6 Å². The molecule has 0 spiro atoms. The Labute approximate surface area is 137 Å². The Hall–Kier alpha value is -2.36. The fraction of sp³-hybridized carbons (Fsp3) is 0.368. The van der Waals surface area contributed by atoms with Crippen LogP contribution < -0.4 is 10.6 Å². The number of rotatable bonds is 6. The van der Waals surface area contributed by atoms with E-state index in [9.17, 15) is 4.79 Å². The molecule has 1 aromatic heterocycles. The largest absolute Gasteiger partial charge is 0.381 e. The summed E-state index contributed by atoms with van der Waals surface area (Å²) >= 11 is 0. The lowest BCUT2D eigenvalue weighted by atomic mass is 10.0. The van der Waals surface area contributed by atoms with Crippen LogP contribution in [0, 0.1) is 0 Å². The highest BCUT2D eigenvalue weighted by Gasteiger charge is 2.21. The van der Waals surface area contributed by atoms with Gasteiger partial charge in [0.25, 0.3) is 5.91 Å². The van der Waals surface area contributed by atoms with E-state index in [0.29, 0.717) is 11.6 Å². The van der Waals surface area contributed by atoms with Gasteiger partial charge >= 0.3 is 0 Å². The van der Waals surface area contributed by atoms with Gasteiger partial charge in [-0.2, -0.15) is 0 Å². The summed E-state index contributed by atoms with van der Waals surface area (Å²) < 4.78 is 0. The number of nitrogens with one attached hydrogen (secondary N) is 2. The van der Waals surface area contributed by atoms with Crippen molar-refractivity contribution in [1.82, 2.24) is 4.98 Å². The number of anilines is 2. The molecule has 1 fully saturated rings. The first kappa shape index (κ1) is 15.5. The zero-order valence-corrected chi connectivity index (χ0v) is 13.7. The number of aryl methyl sites for hydroxylation is 2. The number of amides is 1. The molecule has 1 aromatic carbocycles. The summed E-state index contributed by atoms with van der Waals surface area (Å²) in [6.07, 6.45) is 7.57. The minimum Gasteiger partial charge on any atom is -0.381 e. The Kier molecular flexibility index (Phi) is 4.60. The molecule has 0 atom stereocenters. The average molecular weight is 309 g/mol. The second-order valence-corrected chi connectivity index (χ2v) is 5.99. The van der Waals surface area contributed by atoms with Gasteiger partial charge in [0.05, 0.1) is 11.3 Å². The van der Waals surface area contributed by atoms with Crippen molar-refractivity contribution in [1.29, 1.82) is 0 Å². The van der Waals surface area contributed by atoms with Crippen LogP contribution in [-0.2, 0) is 12.8 Å². The Morgan fingerprint density at radius 1 is 1.17 bits per heavy atom. The van der Waals surface area contributed by atoms with Crippen molar-refractivity contribution >= 4 is 17.3 Å². The minimum absolute atomic E-state index is 0.104. The molecule has 23 heavy (non-hydrogen) atoms. The summed E-state index contributed by atoms with van der Waals surface area (Å²) in [6.45, 7) is 4.21. The van der Waals surface area contributed by atoms with E-state index < -0.39 is 0 Å². The third kappa shape index (κ3) is 3.70. The molecule has 1 aliphatic carbocycles. The van der Waals surface area contributed by atoms with Crippen molar-refractivity contribution in [3.05, 3.63) is 53.3 Å². The van der Waals surface area contributed by atoms with E-state index in [-0.39, 0.29) is 5.91 Å². The Morgan fingerprint density at radius 2 is 1.87 bits per heavy atom. The van der Waals surface area contributed by atoms with Gasteiger partial charge in [0.1, 0.15) is 0 Å². The normalized spacial score (nSPS) is 13.7. The van der Waals surface area contributed by atoms with Crippen LogP contribution in [0.4, 0.5) is 11.4 Å². The molecule has 0 bridgehead atoms. The van der Waals surface area contributed by atoms with E-state index in [1.807, 2.05) is 6.07 Å². The molecule has 2 aromatic rings. The van der Waals surface area contributed by atoms with Crippen LogP contribution in [0.1, 0.15) is 48.2 Å². The Morgan fingerprint density at radius 3 is 2.48 bits per heavy atom. The summed E-state index contributed by atoms with van der Waals surface area (Å²) in [5, 5.41) is 6.46. The number of nitrogens with zero attached hydrogens (tertiary/aromatic N) is 1. The van der Waals surface area contributed by atoms with Gasteiger partial charge in [0.2, 0.25) is 0 Å². The molecule has 0 saturated heterocycles. The molecule has 4 heteroatoms. The molecule has 1 heterocycles. The van der Waals surface area contributed by atoms with Crippen LogP contribution >= 0.6 is 0 Å². The minimum atomic E-state index is -0.104. The summed E-state index contributed by atoms with van der Waals surface area (Å²) in [4.78, 5) is 16.8. The molecule has 0 aliphatic heterocycles. The summed E-state index contributed by atoms with van der Waals surface area (Å²) in [7, 11) is 0. The molecular weight excluding hydrogens is 286 g/mol. The van der Waals surface area contributed by atoms with Gasteiger partial charge in [0, 0.05) is 24.1 Å². The van der Waals surface area contributed by atoms with Gasteiger partial charge in [-0.15, -0.1) is 0 Å². The fourth-order valence-corrected chi connectivity index (χ4v) is 2.70. The third-order valence-electron chi connectivity index (χ3n) is 4.19. The van der Waals surface area contributed by atoms with Crippen LogP contribution in [0.3, 0.4) is 0 Å². The lowest BCUT2D eigenvalue weighted by Crippen LogP contribution is -2.15. The van der Waals surface area contributed by atoms with Crippen LogP contribution in [0.25, 0.3) is 0 Å². The zero-order chi connectivity index (χ0) is 16.2. The number of hydrogen-bond donors (Lipinski definition) is 2. The van der Waals surface area contributed by atoms with Crippen LogP contribution in [0.2, 0.25) is 0 Å². The molecule has 0 radical (unpaired) electrons. The van der Waals surface area contributed by atoms with Crippen molar-refractivity contribution < 1.29 is 4.79 Å². The highest BCUT2D eigenvalue weighted by atomic mass is 16.1. The van der Waals surface area contributed by atoms with Crippen molar-refractivity contribution in [2.75, 3.05) is 10.6 Å². The van der Waals surface area contributed by atoms with Gasteiger partial charge in [-0.3, -0.25) is 9.78 Å². The monoisotopic (exact) mass is 309 g/mol. The second kappa shape index (κ2) is 6.82. The van der Waals surface area contributed by atoms with E-state index >= 15 is 0 Å². The first-order valence-electron chi connectivity index (χ1n) is 8.35. The van der Waals surface area contributed by atoms with E-state index in [4.69, 9.17) is 0 Å². The predicted molar refractivity (Wildman–Crippen MR) is 94.0 cm³/mol. The number of aromatic nitrogens is 1. The SMILES string of the molecule is CCc1cccc(CC)c1NC(=O)c1cncc(NC2CC2)c1. The van der Waals surface area contributed by atoms with E-state index in [0.717, 1.165) is 35.3 Å². The first-order valence-corrected chi connectivity index (χ1v) is 8.35. The third-order valence-corrected chi connectivity index (χ3v) is 4.19. The smallest absolute Gasteiger partial charge is 0.257 e. The molecule has 1 saturated carbocycles. The van der Waals surface area contributed by atoms with Gasteiger partial charge in [-0.1, -0.05) is 32.0 Å². The second-order valence-electron chi connectivity index (χ2n) is 5.99. The van der Waals surface area contributed by atoms with Crippen LogP contribution in [0.5, 0.6) is 0 Å². The van der Waals surface area contributed by atoms with Gasteiger partial charge in [0.15, 0.2) is 0 Å². The summed E-state index contributed by atoms with van der Waals surface area (Å²) in [5.41, 5.74) is 4.78. The van der Waals surface area contributed by atoms with Gasteiger partial charge in [-0.05, 0) is 42.9 Å². The first-order chi connectivity index (χ1) is 11.2. The maximum absolute atomic E-state index is 12.6. The number of carbonyl (C=O) groups excluding carboxylic acids is 1. The zero-order valence-electron chi connectivity index (χ0n) is 13.7. The van der Waals surface area contributed by atoms with Crippen molar-refractivity contribution in [3.63, 3.8) is 0 Å². The van der Waals surface area contributed by atoms with Gasteiger partial charge in [-0.25, -0.2) is 0 Å². The highest BCUT2D eigenvalue weighted by molar-refractivity contribution is 6.05. The lowest BCUT2D eigenvalue weighted by Gasteiger charge is -2.14. The van der Waals surface area contributed by atoms with Crippen molar-refractivity contribution in [2.45, 2.75) is 45.6 Å². The predicted octanol–water partition coefficient (Wildman–Crippen LogP) is 4.03. The van der Waals surface area contributed by atoms with E-state index in [1.54, 1.807) is 12.4 Å². The maximum Gasteiger partial charge on any atom is 0.257 e. The number of carbonyl (C=O) groups is 1. The maximum atomic E-state index is 12.6. The quantitative estimate of drug-likeness (QED) is 0.847. The standard InChI is InChI=1S/C19H23N3O/c1-3-13-6-5-7-14(4-2)18(13)22-19(23)15-10-17(12-20-11-15)21-16-8-9-16/h5-7,10-12,16,21H,3-4,8-9H2,1-2H3,(H,22,23). The molecule has 2 N–H and O–H groups in total. The molecule has 120 valence electrons. The molecule has 3 rings (SSSR count). The van der Waals surface area contributed by atoms with Crippen molar-refractivity contribution in [3.8, 4) is 0 Å². The lowest BCUT2D eigenvalue weighted by molar-refractivity contribution is 0.102. The molecule has 4 nitrogen and oxygen atoms in total. The van der Waals surface area contributed by atoms with Crippen LogP contribution in [0.15, 0.2) is 36.7 Å². The topological polar surface area (TPSA) is 54.0 Å². The Bertz CT molecular complexity index is 685. The molecule has 1 aliphatic rings. The molecule has 0 unspecified atom stereocenters. The van der Waals surface area contributed by atoms with E-state index in [1.165, 1.54) is 12.8 Å². The Balaban J connectivity index is 1.81. The summed E-state index contributed by atoms with van der Waals surface area (Å²) in [5.74, 6) is -0.104. The highest BCUT2D eigenvalue weighted by Crippen LogP contribution is 2.26. The average Bonchev–Trinajstić information content (AvgIpc) is 3.39. The molecule has 1 amide bonds. The van der Waals surface area contributed by atoms with Crippen molar-refractivity contribution in [2.24, 2.45) is 0 Å².